The molecule has 1 unspecified atom stereocenters. The van der Waals surface area contributed by atoms with Gasteiger partial charge in [-0.05, 0) is 57.6 Å². The van der Waals surface area contributed by atoms with Gasteiger partial charge in [0.25, 0.3) is 0 Å². The molecule has 2 fully saturated rings. The van der Waals surface area contributed by atoms with Crippen molar-refractivity contribution in [1.82, 2.24) is 19.8 Å². The highest BCUT2D eigenvalue weighted by molar-refractivity contribution is 5.95. The molecule has 1 aromatic heterocycles. The molecular formula is C26H33N5O2. The van der Waals surface area contributed by atoms with Crippen LogP contribution >= 0.6 is 0 Å². The third-order valence-corrected chi connectivity index (χ3v) is 7.25. The Labute approximate surface area is 195 Å². The second-order valence-electron chi connectivity index (χ2n) is 9.50. The number of piperidine rings is 1. The van der Waals surface area contributed by atoms with Gasteiger partial charge in [-0.3, -0.25) is 19.4 Å². The van der Waals surface area contributed by atoms with E-state index in [1.165, 1.54) is 6.42 Å². The van der Waals surface area contributed by atoms with E-state index in [4.69, 9.17) is 9.97 Å². The summed E-state index contributed by atoms with van der Waals surface area (Å²) < 4.78 is 0. The Morgan fingerprint density at radius 1 is 1.00 bits per heavy atom. The summed E-state index contributed by atoms with van der Waals surface area (Å²) in [5, 5.41) is 0. The Balaban J connectivity index is 1.40. The number of hydrogen-bond acceptors (Lipinski definition) is 5. The number of nitrogens with zero attached hydrogens (tertiary/aromatic N) is 5. The minimum Gasteiger partial charge on any atom is -0.342 e. The molecule has 174 valence electrons. The number of aromatic nitrogens is 2. The Morgan fingerprint density at radius 3 is 2.58 bits per heavy atom. The summed E-state index contributed by atoms with van der Waals surface area (Å²) in [5.74, 6) is 1.84. The van der Waals surface area contributed by atoms with Crippen LogP contribution in [-0.2, 0) is 22.6 Å². The molecule has 3 aliphatic rings. The predicted molar refractivity (Wildman–Crippen MR) is 127 cm³/mol. The van der Waals surface area contributed by atoms with Gasteiger partial charge in [0.1, 0.15) is 11.6 Å². The van der Waals surface area contributed by atoms with E-state index in [1.54, 1.807) is 0 Å². The zero-order valence-electron chi connectivity index (χ0n) is 19.5. The topological polar surface area (TPSA) is 69.6 Å². The summed E-state index contributed by atoms with van der Waals surface area (Å²) in [7, 11) is 0. The first kappa shape index (κ1) is 22.0. The van der Waals surface area contributed by atoms with Gasteiger partial charge in [-0.2, -0.15) is 0 Å². The molecule has 2 amide bonds. The summed E-state index contributed by atoms with van der Waals surface area (Å²) >= 11 is 0. The lowest BCUT2D eigenvalue weighted by atomic mass is 10.0. The smallest absolute Gasteiger partial charge is 0.236 e. The number of fused-ring (bicyclic) bond motifs is 1. The average Bonchev–Trinajstić information content (AvgIpc) is 3.30. The van der Waals surface area contributed by atoms with Crippen LogP contribution < -0.4 is 4.90 Å². The highest BCUT2D eigenvalue weighted by atomic mass is 16.2. The molecule has 0 spiro atoms. The molecule has 0 bridgehead atoms. The lowest BCUT2D eigenvalue weighted by Crippen LogP contribution is -2.43. The summed E-state index contributed by atoms with van der Waals surface area (Å²) in [6.07, 6.45) is 6.58. The number of carbonyl (C=O) groups excluding carboxylic acids is 2. The van der Waals surface area contributed by atoms with E-state index in [-0.39, 0.29) is 17.9 Å². The number of rotatable bonds is 5. The number of anilines is 1. The van der Waals surface area contributed by atoms with Crippen molar-refractivity contribution in [2.24, 2.45) is 0 Å². The van der Waals surface area contributed by atoms with Gasteiger partial charge in [0.2, 0.25) is 11.8 Å². The van der Waals surface area contributed by atoms with E-state index < -0.39 is 0 Å². The molecule has 0 aliphatic carbocycles. The molecule has 2 saturated heterocycles. The summed E-state index contributed by atoms with van der Waals surface area (Å²) in [6, 6.07) is 10.1. The Morgan fingerprint density at radius 2 is 1.79 bits per heavy atom. The van der Waals surface area contributed by atoms with E-state index in [0.717, 1.165) is 73.8 Å². The molecule has 7 heteroatoms. The van der Waals surface area contributed by atoms with Gasteiger partial charge in [0.15, 0.2) is 0 Å². The van der Waals surface area contributed by atoms with E-state index >= 15 is 0 Å². The van der Waals surface area contributed by atoms with Crippen LogP contribution in [0.3, 0.4) is 0 Å². The Bertz CT molecular complexity index is 1020. The van der Waals surface area contributed by atoms with Crippen LogP contribution in [0.1, 0.15) is 67.2 Å². The lowest BCUT2D eigenvalue weighted by molar-refractivity contribution is -0.133. The van der Waals surface area contributed by atoms with Crippen LogP contribution in [0.5, 0.6) is 0 Å². The number of carbonyl (C=O) groups is 2. The first-order valence-electron chi connectivity index (χ1n) is 12.3. The number of likely N-dealkylation sites (tertiary alicyclic amines) is 2. The number of amides is 2. The largest absolute Gasteiger partial charge is 0.342 e. The number of aryl methyl sites for hydroxylation is 1. The standard InChI is InChI=1S/C26H33N5O2/c1-19-21-12-13-23(32)31(17-20-9-4-2-5-10-20)26(21)28-25(27-19)22-11-8-16-30(22)18-24(33)29-14-6-3-7-15-29/h2,4-5,9-10,22H,3,6-8,11-18H2,1H3. The lowest BCUT2D eigenvalue weighted by Gasteiger charge is -2.32. The molecule has 5 rings (SSSR count). The maximum absolute atomic E-state index is 12.9. The van der Waals surface area contributed by atoms with Gasteiger partial charge >= 0.3 is 0 Å². The van der Waals surface area contributed by atoms with Crippen molar-refractivity contribution in [3.05, 3.63) is 53.0 Å². The third kappa shape index (κ3) is 4.64. The van der Waals surface area contributed by atoms with Crippen molar-refractivity contribution >= 4 is 17.6 Å². The van der Waals surface area contributed by atoms with Crippen LogP contribution in [-0.4, -0.2) is 57.8 Å². The fourth-order valence-corrected chi connectivity index (χ4v) is 5.41. The van der Waals surface area contributed by atoms with Crippen LogP contribution in [0.25, 0.3) is 0 Å². The van der Waals surface area contributed by atoms with Gasteiger partial charge in [0, 0.05) is 30.8 Å². The van der Waals surface area contributed by atoms with Crippen molar-refractivity contribution in [3.63, 3.8) is 0 Å². The third-order valence-electron chi connectivity index (χ3n) is 7.25. The molecule has 33 heavy (non-hydrogen) atoms. The molecule has 0 radical (unpaired) electrons. The number of hydrogen-bond donors (Lipinski definition) is 0. The van der Waals surface area contributed by atoms with Gasteiger partial charge < -0.3 is 4.90 Å². The van der Waals surface area contributed by atoms with Crippen molar-refractivity contribution in [2.75, 3.05) is 31.1 Å². The Hall–Kier alpha value is -2.80. The van der Waals surface area contributed by atoms with Gasteiger partial charge in [-0.25, -0.2) is 9.97 Å². The molecule has 0 saturated carbocycles. The zero-order chi connectivity index (χ0) is 22.8. The number of benzene rings is 1. The fraction of sp³-hybridized carbons (Fsp3) is 0.538. The van der Waals surface area contributed by atoms with Crippen LogP contribution in [0, 0.1) is 6.92 Å². The molecule has 1 atom stereocenters. The molecular weight excluding hydrogens is 414 g/mol. The van der Waals surface area contributed by atoms with Gasteiger partial charge in [0.05, 0.1) is 19.1 Å². The average molecular weight is 448 g/mol. The van der Waals surface area contributed by atoms with E-state index in [0.29, 0.717) is 25.9 Å². The highest BCUT2D eigenvalue weighted by Gasteiger charge is 2.34. The van der Waals surface area contributed by atoms with Crippen LogP contribution in [0.2, 0.25) is 0 Å². The predicted octanol–water partition coefficient (Wildman–Crippen LogP) is 3.41. The first-order valence-corrected chi connectivity index (χ1v) is 12.3. The van der Waals surface area contributed by atoms with Crippen molar-refractivity contribution < 1.29 is 9.59 Å². The van der Waals surface area contributed by atoms with Crippen molar-refractivity contribution in [1.29, 1.82) is 0 Å². The summed E-state index contributed by atoms with van der Waals surface area (Å²) in [6.45, 7) is 5.61. The zero-order valence-corrected chi connectivity index (χ0v) is 19.5. The highest BCUT2D eigenvalue weighted by Crippen LogP contribution is 2.35. The van der Waals surface area contributed by atoms with Gasteiger partial charge in [-0.1, -0.05) is 30.3 Å². The maximum atomic E-state index is 12.9. The second-order valence-corrected chi connectivity index (χ2v) is 9.50. The monoisotopic (exact) mass is 447 g/mol. The fourth-order valence-electron chi connectivity index (χ4n) is 5.41. The minimum absolute atomic E-state index is 0.0262. The van der Waals surface area contributed by atoms with E-state index in [9.17, 15) is 9.59 Å². The maximum Gasteiger partial charge on any atom is 0.236 e. The first-order chi connectivity index (χ1) is 16.1. The van der Waals surface area contributed by atoms with Crippen LogP contribution in [0.4, 0.5) is 5.82 Å². The summed E-state index contributed by atoms with van der Waals surface area (Å²) in [4.78, 5) is 41.8. The van der Waals surface area contributed by atoms with E-state index in [1.807, 2.05) is 47.1 Å². The molecule has 7 nitrogen and oxygen atoms in total. The SMILES string of the molecule is Cc1nc(C2CCCN2CC(=O)N2CCCCC2)nc2c1CCC(=O)N2Cc1ccccc1. The quantitative estimate of drug-likeness (QED) is 0.703. The Kier molecular flexibility index (Phi) is 6.40. The van der Waals surface area contributed by atoms with Crippen molar-refractivity contribution in [2.45, 2.75) is 64.5 Å². The summed E-state index contributed by atoms with van der Waals surface area (Å²) in [5.41, 5.74) is 3.11. The second kappa shape index (κ2) is 9.59. The van der Waals surface area contributed by atoms with E-state index in [2.05, 4.69) is 4.90 Å². The molecule has 3 aliphatic heterocycles. The van der Waals surface area contributed by atoms with Gasteiger partial charge in [-0.15, -0.1) is 0 Å². The van der Waals surface area contributed by atoms with Crippen LogP contribution in [0.15, 0.2) is 30.3 Å². The normalized spacial score (nSPS) is 21.4. The van der Waals surface area contributed by atoms with Crippen molar-refractivity contribution in [3.8, 4) is 0 Å². The minimum atomic E-state index is 0.0262. The molecule has 4 heterocycles. The molecule has 0 N–H and O–H groups in total. The molecule has 2 aromatic rings. The molecule has 1 aromatic carbocycles.